The highest BCUT2D eigenvalue weighted by Gasteiger charge is 2.19. The lowest BCUT2D eigenvalue weighted by molar-refractivity contribution is -0.154. The monoisotopic (exact) mass is 226 g/mol. The first kappa shape index (κ1) is 13.5. The smallest absolute Gasteiger partial charge is 0.306 e. The fraction of sp³-hybridized carbons (Fsp3) is 0.929. The summed E-state index contributed by atoms with van der Waals surface area (Å²) in [4.78, 5) is 11.1. The van der Waals surface area contributed by atoms with Crippen LogP contribution in [-0.4, -0.2) is 12.1 Å². The number of rotatable bonds is 8. The molecule has 0 aliphatic carbocycles. The van der Waals surface area contributed by atoms with Crippen molar-refractivity contribution in [1.29, 1.82) is 0 Å². The van der Waals surface area contributed by atoms with E-state index in [-0.39, 0.29) is 12.1 Å². The molecule has 1 rings (SSSR count). The van der Waals surface area contributed by atoms with Gasteiger partial charge in [0.15, 0.2) is 0 Å². The van der Waals surface area contributed by atoms with E-state index in [0.29, 0.717) is 6.42 Å². The summed E-state index contributed by atoms with van der Waals surface area (Å²) < 4.78 is 5.29. The largest absolute Gasteiger partial charge is 0.462 e. The maximum atomic E-state index is 11.1. The second-order valence-corrected chi connectivity index (χ2v) is 4.91. The number of carbonyl (C=O) groups is 1. The molecule has 0 radical (unpaired) electrons. The van der Waals surface area contributed by atoms with Gasteiger partial charge in [0, 0.05) is 6.42 Å². The molecule has 16 heavy (non-hydrogen) atoms. The molecule has 1 heterocycles. The molecule has 0 spiro atoms. The predicted octanol–water partition coefficient (Wildman–Crippen LogP) is 4.22. The molecule has 0 amide bonds. The number of carbonyl (C=O) groups excluding carboxylic acids is 1. The lowest BCUT2D eigenvalue weighted by Crippen LogP contribution is -2.23. The van der Waals surface area contributed by atoms with Gasteiger partial charge in [-0.3, -0.25) is 4.79 Å². The maximum absolute atomic E-state index is 11.1. The SMILES string of the molecule is CCCCCCCCC[C@H]1CCCC(=O)O1. The topological polar surface area (TPSA) is 26.3 Å². The molecule has 1 aliphatic rings. The second-order valence-electron chi connectivity index (χ2n) is 4.91. The van der Waals surface area contributed by atoms with Crippen LogP contribution in [0, 0.1) is 0 Å². The Bertz CT molecular complexity index is 189. The van der Waals surface area contributed by atoms with Crippen LogP contribution in [0.2, 0.25) is 0 Å². The maximum Gasteiger partial charge on any atom is 0.306 e. The standard InChI is InChI=1S/C14H26O2/c1-2-3-4-5-6-7-8-10-13-11-9-12-14(15)16-13/h13H,2-12H2,1H3/t13-/m0/s1. The van der Waals surface area contributed by atoms with E-state index >= 15 is 0 Å². The quantitative estimate of drug-likeness (QED) is 0.457. The van der Waals surface area contributed by atoms with Crippen molar-refractivity contribution >= 4 is 5.97 Å². The third-order valence-corrected chi connectivity index (χ3v) is 3.33. The van der Waals surface area contributed by atoms with Gasteiger partial charge in [-0.05, 0) is 25.7 Å². The Morgan fingerprint density at radius 2 is 1.81 bits per heavy atom. The fourth-order valence-electron chi connectivity index (χ4n) is 2.31. The van der Waals surface area contributed by atoms with Crippen molar-refractivity contribution in [3.63, 3.8) is 0 Å². The summed E-state index contributed by atoms with van der Waals surface area (Å²) in [7, 11) is 0. The average molecular weight is 226 g/mol. The number of hydrogen-bond donors (Lipinski definition) is 0. The van der Waals surface area contributed by atoms with Crippen molar-refractivity contribution in [1.82, 2.24) is 0 Å². The van der Waals surface area contributed by atoms with Gasteiger partial charge in [-0.15, -0.1) is 0 Å². The van der Waals surface area contributed by atoms with Crippen LogP contribution in [0.4, 0.5) is 0 Å². The van der Waals surface area contributed by atoms with E-state index in [2.05, 4.69) is 6.92 Å². The Kier molecular flexibility index (Phi) is 7.28. The van der Waals surface area contributed by atoms with Crippen LogP contribution in [0.5, 0.6) is 0 Å². The Balaban J connectivity index is 1.88. The fourth-order valence-corrected chi connectivity index (χ4v) is 2.31. The molecule has 0 unspecified atom stereocenters. The summed E-state index contributed by atoms with van der Waals surface area (Å²) in [5, 5.41) is 0. The summed E-state index contributed by atoms with van der Waals surface area (Å²) in [5.74, 6) is 0.0131. The Morgan fingerprint density at radius 1 is 1.12 bits per heavy atom. The lowest BCUT2D eigenvalue weighted by atomic mass is 10.0. The van der Waals surface area contributed by atoms with E-state index in [1.165, 1.54) is 44.9 Å². The molecule has 1 saturated heterocycles. The molecule has 1 fully saturated rings. The molecule has 1 aliphatic heterocycles. The molecule has 0 aromatic carbocycles. The van der Waals surface area contributed by atoms with Crippen molar-refractivity contribution < 1.29 is 9.53 Å². The number of unbranched alkanes of at least 4 members (excludes halogenated alkanes) is 6. The van der Waals surface area contributed by atoms with Crippen LogP contribution in [0.25, 0.3) is 0 Å². The highest BCUT2D eigenvalue weighted by Crippen LogP contribution is 2.19. The van der Waals surface area contributed by atoms with E-state index in [0.717, 1.165) is 19.3 Å². The van der Waals surface area contributed by atoms with Crippen molar-refractivity contribution in [2.75, 3.05) is 0 Å². The van der Waals surface area contributed by atoms with Crippen LogP contribution in [0.3, 0.4) is 0 Å². The van der Waals surface area contributed by atoms with Gasteiger partial charge < -0.3 is 4.74 Å². The summed E-state index contributed by atoms with van der Waals surface area (Å²) in [6.45, 7) is 2.25. The van der Waals surface area contributed by atoms with E-state index in [1.54, 1.807) is 0 Å². The molecule has 2 heteroatoms. The van der Waals surface area contributed by atoms with Gasteiger partial charge in [0.1, 0.15) is 6.10 Å². The zero-order valence-electron chi connectivity index (χ0n) is 10.7. The van der Waals surface area contributed by atoms with Gasteiger partial charge in [-0.2, -0.15) is 0 Å². The Labute approximate surface area is 99.8 Å². The van der Waals surface area contributed by atoms with Crippen LogP contribution in [-0.2, 0) is 9.53 Å². The number of ether oxygens (including phenoxy) is 1. The summed E-state index contributed by atoms with van der Waals surface area (Å²) in [6, 6.07) is 0. The van der Waals surface area contributed by atoms with E-state index in [9.17, 15) is 4.79 Å². The molecule has 2 nitrogen and oxygen atoms in total. The van der Waals surface area contributed by atoms with Crippen LogP contribution in [0.15, 0.2) is 0 Å². The van der Waals surface area contributed by atoms with Crippen LogP contribution >= 0.6 is 0 Å². The summed E-state index contributed by atoms with van der Waals surface area (Å²) >= 11 is 0. The van der Waals surface area contributed by atoms with Gasteiger partial charge in [0.2, 0.25) is 0 Å². The lowest BCUT2D eigenvalue weighted by Gasteiger charge is -2.21. The highest BCUT2D eigenvalue weighted by molar-refractivity contribution is 5.70. The Morgan fingerprint density at radius 3 is 2.50 bits per heavy atom. The van der Waals surface area contributed by atoms with Crippen molar-refractivity contribution in [2.24, 2.45) is 0 Å². The van der Waals surface area contributed by atoms with Crippen LogP contribution < -0.4 is 0 Å². The first-order valence-electron chi connectivity index (χ1n) is 7.02. The molecule has 0 N–H and O–H groups in total. The van der Waals surface area contributed by atoms with Gasteiger partial charge >= 0.3 is 5.97 Å². The predicted molar refractivity (Wildman–Crippen MR) is 66.3 cm³/mol. The van der Waals surface area contributed by atoms with Gasteiger partial charge in [-0.1, -0.05) is 45.4 Å². The summed E-state index contributed by atoms with van der Waals surface area (Å²) in [5.41, 5.74) is 0. The molecule has 94 valence electrons. The molecule has 0 saturated carbocycles. The number of hydrogen-bond acceptors (Lipinski definition) is 2. The molecular weight excluding hydrogens is 200 g/mol. The van der Waals surface area contributed by atoms with E-state index in [4.69, 9.17) is 4.74 Å². The third-order valence-electron chi connectivity index (χ3n) is 3.33. The Hall–Kier alpha value is -0.530. The van der Waals surface area contributed by atoms with Gasteiger partial charge in [0.05, 0.1) is 0 Å². The second kappa shape index (κ2) is 8.60. The van der Waals surface area contributed by atoms with Crippen LogP contribution in [0.1, 0.15) is 77.6 Å². The minimum absolute atomic E-state index is 0.0131. The highest BCUT2D eigenvalue weighted by atomic mass is 16.5. The minimum atomic E-state index is 0.0131. The van der Waals surface area contributed by atoms with Gasteiger partial charge in [-0.25, -0.2) is 0 Å². The molecule has 0 aromatic heterocycles. The van der Waals surface area contributed by atoms with Crippen molar-refractivity contribution in [2.45, 2.75) is 83.7 Å². The summed E-state index contributed by atoms with van der Waals surface area (Å²) in [6.07, 6.45) is 13.4. The normalized spacial score (nSPS) is 20.8. The third kappa shape index (κ3) is 6.14. The molecule has 0 bridgehead atoms. The van der Waals surface area contributed by atoms with Crippen molar-refractivity contribution in [3.05, 3.63) is 0 Å². The molecule has 0 aromatic rings. The molecule has 1 atom stereocenters. The minimum Gasteiger partial charge on any atom is -0.462 e. The van der Waals surface area contributed by atoms with Crippen molar-refractivity contribution in [3.8, 4) is 0 Å². The van der Waals surface area contributed by atoms with E-state index in [1.807, 2.05) is 0 Å². The number of cyclic esters (lactones) is 1. The first-order valence-corrected chi connectivity index (χ1v) is 7.02. The number of esters is 1. The van der Waals surface area contributed by atoms with Gasteiger partial charge in [0.25, 0.3) is 0 Å². The average Bonchev–Trinajstić information content (AvgIpc) is 2.28. The van der Waals surface area contributed by atoms with E-state index < -0.39 is 0 Å². The first-order chi connectivity index (χ1) is 7.83. The zero-order valence-corrected chi connectivity index (χ0v) is 10.7. The zero-order chi connectivity index (χ0) is 11.6. The molecular formula is C14H26O2.